The summed E-state index contributed by atoms with van der Waals surface area (Å²) >= 11 is 1.81. The van der Waals surface area contributed by atoms with Crippen LogP contribution in [0.4, 0.5) is 0 Å². The molecule has 4 aromatic rings. The average molecular weight is 562 g/mol. The number of carbonyl (C=O) groups is 1. The number of aliphatic hydroxyl groups excluding tert-OH is 1. The lowest BCUT2D eigenvalue weighted by molar-refractivity contribution is 0.0721. The monoisotopic (exact) mass is 561 g/mol. The second-order valence-electron chi connectivity index (χ2n) is 10.5. The first kappa shape index (κ1) is 28.2. The van der Waals surface area contributed by atoms with E-state index in [1.165, 1.54) is 10.4 Å². The van der Waals surface area contributed by atoms with E-state index in [4.69, 9.17) is 0 Å². The Bertz CT molecular complexity index is 1260. The number of aliphatic hydroxyl groups is 1. The molecule has 4 N–H and O–H groups in total. The molecule has 0 atom stereocenters. The average Bonchev–Trinajstić information content (AvgIpc) is 3.77. The van der Waals surface area contributed by atoms with Gasteiger partial charge in [-0.25, -0.2) is 9.97 Å². The number of nitrogens with zero attached hydrogens (tertiary/aromatic N) is 4. The molecule has 1 fully saturated rings. The number of benzene rings is 1. The fraction of sp³-hybridized carbons (Fsp3) is 0.433. The van der Waals surface area contributed by atoms with Gasteiger partial charge in [-0.15, -0.1) is 11.3 Å². The van der Waals surface area contributed by atoms with Crippen LogP contribution >= 0.6 is 11.3 Å². The van der Waals surface area contributed by atoms with Crippen LogP contribution in [0.1, 0.15) is 63.7 Å². The Morgan fingerprint density at radius 3 is 2.23 bits per heavy atom. The number of hydrogen-bond acceptors (Lipinski definition) is 7. The van der Waals surface area contributed by atoms with Crippen LogP contribution < -0.4 is 5.32 Å². The number of carbonyl (C=O) groups excluding carboxylic acids is 1. The largest absolute Gasteiger partial charge is 0.395 e. The summed E-state index contributed by atoms with van der Waals surface area (Å²) in [6.45, 7) is 5.56. The Balaban J connectivity index is 1.12. The molecule has 1 aliphatic rings. The number of rotatable bonds is 13. The van der Waals surface area contributed by atoms with E-state index in [0.717, 1.165) is 62.5 Å². The fourth-order valence-electron chi connectivity index (χ4n) is 5.45. The van der Waals surface area contributed by atoms with Crippen LogP contribution in [0.2, 0.25) is 0 Å². The highest BCUT2D eigenvalue weighted by atomic mass is 32.1. The number of nitrogens with one attached hydrogen (secondary N) is 3. The van der Waals surface area contributed by atoms with E-state index in [1.807, 2.05) is 35.6 Å². The predicted octanol–water partition coefficient (Wildman–Crippen LogP) is 4.24. The summed E-state index contributed by atoms with van der Waals surface area (Å²) in [4.78, 5) is 33.7. The van der Waals surface area contributed by atoms with Crippen molar-refractivity contribution in [3.05, 3.63) is 93.7 Å². The number of hydrogen-bond donors (Lipinski definition) is 4. The highest BCUT2D eigenvalue weighted by Gasteiger charge is 2.26. The van der Waals surface area contributed by atoms with Crippen molar-refractivity contribution in [1.82, 2.24) is 35.1 Å². The third-order valence-electron chi connectivity index (χ3n) is 7.79. The van der Waals surface area contributed by atoms with Gasteiger partial charge in [-0.2, -0.15) is 0 Å². The SMILES string of the molecule is Cc1ccsc1CN(CCO)C1CCC(NCc2ccc(C(=O)N(Cc3ncc[nH]3)Cc3ncc[nH]3)cc2)CC1. The van der Waals surface area contributed by atoms with E-state index < -0.39 is 0 Å². The number of thiophene rings is 1. The maximum atomic E-state index is 13.4. The summed E-state index contributed by atoms with van der Waals surface area (Å²) in [6.07, 6.45) is 11.4. The summed E-state index contributed by atoms with van der Waals surface area (Å²) in [5.74, 6) is 1.41. The Hall–Kier alpha value is -3.31. The van der Waals surface area contributed by atoms with E-state index in [1.54, 1.807) is 29.7 Å². The second kappa shape index (κ2) is 13.8. The molecule has 3 aromatic heterocycles. The second-order valence-corrected chi connectivity index (χ2v) is 11.5. The van der Waals surface area contributed by atoms with E-state index in [2.05, 4.69) is 48.5 Å². The Morgan fingerprint density at radius 1 is 1.00 bits per heavy atom. The van der Waals surface area contributed by atoms with Crippen molar-refractivity contribution in [2.75, 3.05) is 13.2 Å². The zero-order chi connectivity index (χ0) is 27.7. The minimum Gasteiger partial charge on any atom is -0.395 e. The van der Waals surface area contributed by atoms with Crippen molar-refractivity contribution in [1.29, 1.82) is 0 Å². The van der Waals surface area contributed by atoms with Gasteiger partial charge in [0.2, 0.25) is 0 Å². The van der Waals surface area contributed by atoms with E-state index in [-0.39, 0.29) is 12.5 Å². The first-order valence-electron chi connectivity index (χ1n) is 14.0. The molecular formula is C30H39N7O2S. The molecule has 5 rings (SSSR count). The van der Waals surface area contributed by atoms with Gasteiger partial charge in [-0.1, -0.05) is 12.1 Å². The molecule has 40 heavy (non-hydrogen) atoms. The molecule has 1 aliphatic carbocycles. The minimum atomic E-state index is -0.0594. The molecule has 0 saturated heterocycles. The van der Waals surface area contributed by atoms with Crippen LogP contribution in [0.5, 0.6) is 0 Å². The first-order chi connectivity index (χ1) is 19.6. The van der Waals surface area contributed by atoms with Crippen LogP contribution in [0, 0.1) is 6.92 Å². The zero-order valence-corrected chi connectivity index (χ0v) is 23.9. The van der Waals surface area contributed by atoms with Gasteiger partial charge >= 0.3 is 0 Å². The van der Waals surface area contributed by atoms with Crippen LogP contribution in [0.15, 0.2) is 60.5 Å². The Labute approximate surface area is 239 Å². The smallest absolute Gasteiger partial charge is 0.254 e. The third-order valence-corrected chi connectivity index (χ3v) is 8.80. The molecule has 1 saturated carbocycles. The number of H-pyrrole nitrogens is 2. The van der Waals surface area contributed by atoms with Crippen LogP contribution in [0.3, 0.4) is 0 Å². The van der Waals surface area contributed by atoms with Gasteiger partial charge in [-0.3, -0.25) is 9.69 Å². The van der Waals surface area contributed by atoms with Gasteiger partial charge in [0.05, 0.1) is 19.7 Å². The van der Waals surface area contributed by atoms with Crippen molar-refractivity contribution in [2.24, 2.45) is 0 Å². The fourth-order valence-corrected chi connectivity index (χ4v) is 6.39. The van der Waals surface area contributed by atoms with E-state index in [9.17, 15) is 9.90 Å². The topological polar surface area (TPSA) is 113 Å². The van der Waals surface area contributed by atoms with Gasteiger partial charge < -0.3 is 25.3 Å². The summed E-state index contributed by atoms with van der Waals surface area (Å²) in [7, 11) is 0. The first-order valence-corrected chi connectivity index (χ1v) is 14.9. The lowest BCUT2D eigenvalue weighted by Gasteiger charge is -2.37. The van der Waals surface area contributed by atoms with Crippen molar-refractivity contribution in [3.63, 3.8) is 0 Å². The van der Waals surface area contributed by atoms with Gasteiger partial charge in [0.25, 0.3) is 5.91 Å². The van der Waals surface area contributed by atoms with E-state index in [0.29, 0.717) is 30.7 Å². The van der Waals surface area contributed by atoms with E-state index >= 15 is 0 Å². The Morgan fingerprint density at radius 2 is 1.68 bits per heavy atom. The highest BCUT2D eigenvalue weighted by molar-refractivity contribution is 7.10. The molecule has 1 amide bonds. The molecule has 9 nitrogen and oxygen atoms in total. The standard InChI is InChI=1S/C30H39N7O2S/c1-22-10-17-40-27(22)19-36(15-16-38)26-8-6-25(7-9-26)35-18-23-2-4-24(5-3-23)30(39)37(20-28-31-11-12-32-28)21-29-33-13-14-34-29/h2-5,10-14,17,25-26,35,38H,6-9,15-16,18-21H2,1H3,(H,31,32)(H,33,34). The maximum absolute atomic E-state index is 13.4. The van der Waals surface area contributed by atoms with Crippen molar-refractivity contribution >= 4 is 17.2 Å². The molecular weight excluding hydrogens is 522 g/mol. The summed E-state index contributed by atoms with van der Waals surface area (Å²) in [5, 5.41) is 15.5. The highest BCUT2D eigenvalue weighted by Crippen LogP contribution is 2.27. The molecule has 0 spiro atoms. The molecule has 1 aromatic carbocycles. The van der Waals surface area contributed by atoms with Crippen LogP contribution in [-0.2, 0) is 26.2 Å². The maximum Gasteiger partial charge on any atom is 0.254 e. The number of aromatic nitrogens is 4. The van der Waals surface area contributed by atoms with Gasteiger partial charge in [0.15, 0.2) is 0 Å². The summed E-state index contributed by atoms with van der Waals surface area (Å²) in [6, 6.07) is 11.1. The number of aromatic amines is 2. The lowest BCUT2D eigenvalue weighted by atomic mass is 9.89. The van der Waals surface area contributed by atoms with Crippen LogP contribution in [-0.4, -0.2) is 66.0 Å². The Kier molecular flexibility index (Phi) is 9.77. The number of amides is 1. The van der Waals surface area contributed by atoms with Gasteiger partial charge in [0.1, 0.15) is 11.6 Å². The quantitative estimate of drug-likeness (QED) is 0.194. The number of imidazole rings is 2. The number of aryl methyl sites for hydroxylation is 1. The van der Waals surface area contributed by atoms with Gasteiger partial charge in [-0.05, 0) is 67.3 Å². The minimum absolute atomic E-state index is 0.0594. The lowest BCUT2D eigenvalue weighted by Crippen LogP contribution is -2.43. The molecule has 0 unspecified atom stereocenters. The molecule has 3 heterocycles. The van der Waals surface area contributed by atoms with Crippen molar-refractivity contribution < 1.29 is 9.90 Å². The van der Waals surface area contributed by atoms with Gasteiger partial charge in [0, 0.05) is 66.9 Å². The summed E-state index contributed by atoms with van der Waals surface area (Å²) in [5.41, 5.74) is 3.16. The normalized spacial score (nSPS) is 17.4. The molecule has 212 valence electrons. The molecule has 0 bridgehead atoms. The van der Waals surface area contributed by atoms with Crippen molar-refractivity contribution in [2.45, 2.75) is 70.9 Å². The molecule has 0 radical (unpaired) electrons. The van der Waals surface area contributed by atoms with Crippen molar-refractivity contribution in [3.8, 4) is 0 Å². The molecule has 0 aliphatic heterocycles. The zero-order valence-electron chi connectivity index (χ0n) is 23.1. The molecule has 10 heteroatoms. The predicted molar refractivity (Wildman–Crippen MR) is 157 cm³/mol. The van der Waals surface area contributed by atoms with Crippen LogP contribution in [0.25, 0.3) is 0 Å². The third kappa shape index (κ3) is 7.45. The summed E-state index contributed by atoms with van der Waals surface area (Å²) < 4.78 is 0.